The Morgan fingerprint density at radius 3 is 2.77 bits per heavy atom. The Bertz CT molecular complexity index is 781. The molecule has 2 heterocycles. The van der Waals surface area contributed by atoms with Gasteiger partial charge in [-0.15, -0.1) is 10.2 Å². The lowest BCUT2D eigenvalue weighted by atomic mass is 10.2. The molecule has 8 heteroatoms. The number of benzene rings is 1. The molecule has 3 rings (SSSR count). The minimum absolute atomic E-state index is 0.238. The molecule has 0 saturated carbocycles. The summed E-state index contributed by atoms with van der Waals surface area (Å²) in [5, 5.41) is 15.4. The van der Waals surface area contributed by atoms with Gasteiger partial charge in [0, 0.05) is 5.56 Å². The van der Waals surface area contributed by atoms with Crippen LogP contribution >= 0.6 is 11.5 Å². The molecule has 0 spiro atoms. The van der Waals surface area contributed by atoms with Crippen molar-refractivity contribution in [3.05, 3.63) is 51.9 Å². The maximum absolute atomic E-state index is 13.7. The Kier molecular flexibility index (Phi) is 4.10. The molecule has 0 aliphatic carbocycles. The molecular formula is C14H15FN6S. The van der Waals surface area contributed by atoms with Gasteiger partial charge in [-0.25, -0.2) is 9.07 Å². The van der Waals surface area contributed by atoms with E-state index in [9.17, 15) is 4.39 Å². The fraction of sp³-hybridized carbons (Fsp3) is 0.286. The number of hydrogen-bond acceptors (Lipinski definition) is 6. The number of aromatic nitrogens is 5. The molecule has 0 bridgehead atoms. The fourth-order valence-electron chi connectivity index (χ4n) is 2.04. The molecule has 0 radical (unpaired) electrons. The van der Waals surface area contributed by atoms with Crippen LogP contribution in [0.3, 0.4) is 0 Å². The first-order chi connectivity index (χ1) is 10.6. The molecule has 0 saturated heterocycles. The molecule has 0 aliphatic heterocycles. The van der Waals surface area contributed by atoms with Crippen LogP contribution in [0, 0.1) is 19.7 Å². The monoisotopic (exact) mass is 318 g/mol. The van der Waals surface area contributed by atoms with Gasteiger partial charge in [-0.2, -0.15) is 0 Å². The van der Waals surface area contributed by atoms with E-state index >= 15 is 0 Å². The lowest BCUT2D eigenvalue weighted by Gasteiger charge is -2.06. The van der Waals surface area contributed by atoms with E-state index < -0.39 is 0 Å². The third-order valence-electron chi connectivity index (χ3n) is 3.42. The standard InChI is InChI=1S/C14H15FN6S/c1-9-13(22-20-17-9)7-16-14-10(2)21(19-18-14)8-11-5-3-4-6-12(11)15/h3-6,16H,7-8H2,1-2H3. The molecule has 2 aromatic heterocycles. The lowest BCUT2D eigenvalue weighted by Crippen LogP contribution is -2.06. The second-order valence-electron chi connectivity index (χ2n) is 4.91. The second kappa shape index (κ2) is 6.18. The third-order valence-corrected chi connectivity index (χ3v) is 4.25. The number of nitrogens with zero attached hydrogens (tertiary/aromatic N) is 5. The van der Waals surface area contributed by atoms with Crippen molar-refractivity contribution in [1.29, 1.82) is 0 Å². The van der Waals surface area contributed by atoms with E-state index in [-0.39, 0.29) is 5.82 Å². The fourth-order valence-corrected chi connectivity index (χ4v) is 2.61. The van der Waals surface area contributed by atoms with E-state index in [4.69, 9.17) is 0 Å². The van der Waals surface area contributed by atoms with E-state index in [0.717, 1.165) is 16.3 Å². The number of rotatable bonds is 5. The summed E-state index contributed by atoms with van der Waals surface area (Å²) in [5.41, 5.74) is 2.36. The van der Waals surface area contributed by atoms with E-state index in [0.29, 0.717) is 24.5 Å². The van der Waals surface area contributed by atoms with Crippen molar-refractivity contribution >= 4 is 17.4 Å². The van der Waals surface area contributed by atoms with Crippen molar-refractivity contribution in [2.45, 2.75) is 26.9 Å². The van der Waals surface area contributed by atoms with E-state index in [1.54, 1.807) is 16.8 Å². The predicted molar refractivity (Wildman–Crippen MR) is 82.2 cm³/mol. The Hall–Kier alpha value is -2.35. The predicted octanol–water partition coefficient (Wildman–Crippen LogP) is 2.55. The highest BCUT2D eigenvalue weighted by atomic mass is 32.1. The van der Waals surface area contributed by atoms with E-state index in [1.165, 1.54) is 17.6 Å². The molecule has 0 unspecified atom stereocenters. The van der Waals surface area contributed by atoms with E-state index in [2.05, 4.69) is 25.2 Å². The summed E-state index contributed by atoms with van der Waals surface area (Å²) < 4.78 is 19.3. The van der Waals surface area contributed by atoms with Crippen LogP contribution in [0.15, 0.2) is 24.3 Å². The van der Waals surface area contributed by atoms with Gasteiger partial charge in [-0.1, -0.05) is 27.9 Å². The third kappa shape index (κ3) is 2.96. The van der Waals surface area contributed by atoms with Gasteiger partial charge in [0.05, 0.1) is 29.4 Å². The summed E-state index contributed by atoms with van der Waals surface area (Å²) in [6.07, 6.45) is 0. The van der Waals surface area contributed by atoms with Gasteiger partial charge in [0.1, 0.15) is 5.82 Å². The van der Waals surface area contributed by atoms with Crippen molar-refractivity contribution in [1.82, 2.24) is 24.6 Å². The number of nitrogens with one attached hydrogen (secondary N) is 1. The molecule has 6 nitrogen and oxygen atoms in total. The van der Waals surface area contributed by atoms with Crippen LogP contribution in [0.25, 0.3) is 0 Å². The van der Waals surface area contributed by atoms with Gasteiger partial charge in [0.15, 0.2) is 5.82 Å². The van der Waals surface area contributed by atoms with E-state index in [1.807, 2.05) is 19.9 Å². The SMILES string of the molecule is Cc1nnsc1CNc1nnn(Cc2ccccc2F)c1C. The minimum Gasteiger partial charge on any atom is -0.362 e. The Morgan fingerprint density at radius 1 is 1.23 bits per heavy atom. The van der Waals surface area contributed by atoms with Crippen molar-refractivity contribution in [3.8, 4) is 0 Å². The highest BCUT2D eigenvalue weighted by Gasteiger charge is 2.11. The quantitative estimate of drug-likeness (QED) is 0.783. The van der Waals surface area contributed by atoms with Crippen molar-refractivity contribution < 1.29 is 4.39 Å². The van der Waals surface area contributed by atoms with Crippen LogP contribution in [0.4, 0.5) is 10.2 Å². The zero-order valence-corrected chi connectivity index (χ0v) is 13.1. The first-order valence-electron chi connectivity index (χ1n) is 6.80. The average Bonchev–Trinajstić information content (AvgIpc) is 3.07. The number of aryl methyl sites for hydroxylation is 1. The largest absolute Gasteiger partial charge is 0.362 e. The lowest BCUT2D eigenvalue weighted by molar-refractivity contribution is 0.571. The normalized spacial score (nSPS) is 10.9. The molecule has 1 N–H and O–H groups in total. The van der Waals surface area contributed by atoms with Crippen LogP contribution in [0.1, 0.15) is 21.8 Å². The summed E-state index contributed by atoms with van der Waals surface area (Å²) in [6.45, 7) is 4.78. The van der Waals surface area contributed by atoms with Gasteiger partial charge < -0.3 is 5.32 Å². The van der Waals surface area contributed by atoms with Gasteiger partial charge in [0.2, 0.25) is 0 Å². The van der Waals surface area contributed by atoms with Gasteiger partial charge >= 0.3 is 0 Å². The Morgan fingerprint density at radius 2 is 2.05 bits per heavy atom. The number of halogens is 1. The van der Waals surface area contributed by atoms with Crippen LogP contribution in [-0.4, -0.2) is 24.6 Å². The molecule has 114 valence electrons. The zero-order chi connectivity index (χ0) is 15.5. The number of anilines is 1. The maximum atomic E-state index is 13.7. The highest BCUT2D eigenvalue weighted by molar-refractivity contribution is 7.05. The maximum Gasteiger partial charge on any atom is 0.171 e. The molecule has 0 amide bonds. The molecule has 3 aromatic rings. The molecule has 0 atom stereocenters. The zero-order valence-electron chi connectivity index (χ0n) is 12.2. The first-order valence-corrected chi connectivity index (χ1v) is 7.57. The average molecular weight is 318 g/mol. The summed E-state index contributed by atoms with van der Waals surface area (Å²) in [6, 6.07) is 6.67. The Balaban J connectivity index is 1.72. The summed E-state index contributed by atoms with van der Waals surface area (Å²) in [4.78, 5) is 1.06. The van der Waals surface area contributed by atoms with Crippen molar-refractivity contribution in [3.63, 3.8) is 0 Å². The molecule has 22 heavy (non-hydrogen) atoms. The van der Waals surface area contributed by atoms with Crippen LogP contribution in [-0.2, 0) is 13.1 Å². The topological polar surface area (TPSA) is 68.5 Å². The van der Waals surface area contributed by atoms with Crippen molar-refractivity contribution in [2.24, 2.45) is 0 Å². The number of hydrogen-bond donors (Lipinski definition) is 1. The van der Waals surface area contributed by atoms with Crippen molar-refractivity contribution in [2.75, 3.05) is 5.32 Å². The minimum atomic E-state index is -0.238. The van der Waals surface area contributed by atoms with Gasteiger partial charge in [0.25, 0.3) is 0 Å². The first kappa shape index (κ1) is 14.6. The van der Waals surface area contributed by atoms with Gasteiger partial charge in [-0.3, -0.25) is 0 Å². The summed E-state index contributed by atoms with van der Waals surface area (Å²) in [5.74, 6) is 0.447. The van der Waals surface area contributed by atoms with Crippen LogP contribution < -0.4 is 5.32 Å². The summed E-state index contributed by atoms with van der Waals surface area (Å²) in [7, 11) is 0. The molecule has 0 aliphatic rings. The summed E-state index contributed by atoms with van der Waals surface area (Å²) >= 11 is 1.36. The Labute approximate surface area is 131 Å². The van der Waals surface area contributed by atoms with Gasteiger partial charge in [-0.05, 0) is 31.4 Å². The molecule has 1 aromatic carbocycles. The van der Waals surface area contributed by atoms with Crippen LogP contribution in [0.5, 0.6) is 0 Å². The second-order valence-corrected chi connectivity index (χ2v) is 5.75. The van der Waals surface area contributed by atoms with Crippen LogP contribution in [0.2, 0.25) is 0 Å². The molecule has 0 fully saturated rings. The highest BCUT2D eigenvalue weighted by Crippen LogP contribution is 2.16. The molecular weight excluding hydrogens is 303 g/mol. The smallest absolute Gasteiger partial charge is 0.171 e.